The summed E-state index contributed by atoms with van der Waals surface area (Å²) in [5.74, 6) is -1.08. The number of rotatable bonds is 5. The zero-order chi connectivity index (χ0) is 18.0. The van der Waals surface area contributed by atoms with Gasteiger partial charge in [0.1, 0.15) is 11.9 Å². The van der Waals surface area contributed by atoms with Crippen LogP contribution in [0.5, 0.6) is 0 Å². The first-order valence-corrected chi connectivity index (χ1v) is 8.41. The Morgan fingerprint density at radius 1 is 1.23 bits per heavy atom. The fourth-order valence-electron chi connectivity index (χ4n) is 3.34. The fourth-order valence-corrected chi connectivity index (χ4v) is 3.34. The van der Waals surface area contributed by atoms with Gasteiger partial charge in [0.15, 0.2) is 0 Å². The van der Waals surface area contributed by atoms with E-state index in [0.717, 1.165) is 5.56 Å². The van der Waals surface area contributed by atoms with E-state index in [9.17, 15) is 22.4 Å². The second-order valence-electron chi connectivity index (χ2n) is 6.59. The zero-order valence-electron chi connectivity index (χ0n) is 14.1. The Morgan fingerprint density at radius 2 is 1.85 bits per heavy atom. The lowest BCUT2D eigenvalue weighted by Gasteiger charge is -2.35. The molecule has 1 aromatic rings. The van der Waals surface area contributed by atoms with Gasteiger partial charge in [-0.3, -0.25) is 9.69 Å². The van der Waals surface area contributed by atoms with Crippen molar-refractivity contribution >= 4 is 18.3 Å². The summed E-state index contributed by atoms with van der Waals surface area (Å²) in [6.07, 6.45) is -3.80. The van der Waals surface area contributed by atoms with Crippen LogP contribution in [0.4, 0.5) is 17.6 Å². The molecule has 2 fully saturated rings. The summed E-state index contributed by atoms with van der Waals surface area (Å²) >= 11 is 0. The summed E-state index contributed by atoms with van der Waals surface area (Å²) in [6, 6.07) is 4.22. The van der Waals surface area contributed by atoms with Crippen LogP contribution < -0.4 is 10.6 Å². The molecule has 1 aliphatic heterocycles. The van der Waals surface area contributed by atoms with Crippen molar-refractivity contribution in [2.24, 2.45) is 5.92 Å². The molecule has 2 aliphatic rings. The number of carbonyl (C=O) groups excluding carboxylic acids is 1. The first-order chi connectivity index (χ1) is 11.9. The lowest BCUT2D eigenvalue weighted by atomic mass is 10.1. The standard InChI is InChI=1S/C17H21F4N3O.ClH/c18-12-3-1-11(2-4-12)13-9-14(13)16(25)23-10-15(17(19,20)21)24-7-5-22-6-8-24;/h1-4,13-15,22H,5-10H2,(H,23,25);1H. The Morgan fingerprint density at radius 3 is 2.42 bits per heavy atom. The lowest BCUT2D eigenvalue weighted by molar-refractivity contribution is -0.184. The van der Waals surface area contributed by atoms with Gasteiger partial charge in [0, 0.05) is 38.6 Å². The number of amides is 1. The van der Waals surface area contributed by atoms with Crippen molar-refractivity contribution in [1.29, 1.82) is 0 Å². The summed E-state index contributed by atoms with van der Waals surface area (Å²) in [5, 5.41) is 5.48. The number of nitrogens with zero attached hydrogens (tertiary/aromatic N) is 1. The maximum atomic E-state index is 13.3. The van der Waals surface area contributed by atoms with Crippen LogP contribution in [0.3, 0.4) is 0 Å². The molecule has 146 valence electrons. The molecule has 2 N–H and O–H groups in total. The Labute approximate surface area is 155 Å². The second-order valence-corrected chi connectivity index (χ2v) is 6.59. The Hall–Kier alpha value is -1.38. The van der Waals surface area contributed by atoms with Gasteiger partial charge < -0.3 is 10.6 Å². The second kappa shape index (κ2) is 8.54. The molecule has 0 bridgehead atoms. The average molecular weight is 396 g/mol. The van der Waals surface area contributed by atoms with E-state index in [2.05, 4.69) is 10.6 Å². The topological polar surface area (TPSA) is 44.4 Å². The van der Waals surface area contributed by atoms with Crippen LogP contribution in [-0.4, -0.2) is 55.7 Å². The van der Waals surface area contributed by atoms with Gasteiger partial charge in [-0.2, -0.15) is 13.2 Å². The van der Waals surface area contributed by atoms with Gasteiger partial charge in [-0.25, -0.2) is 4.39 Å². The Bertz CT molecular complexity index is 605. The van der Waals surface area contributed by atoms with Crippen molar-refractivity contribution in [2.45, 2.75) is 24.6 Å². The molecule has 1 aliphatic carbocycles. The molecule has 1 amide bonds. The molecule has 3 rings (SSSR count). The van der Waals surface area contributed by atoms with Crippen molar-refractivity contribution in [2.75, 3.05) is 32.7 Å². The van der Waals surface area contributed by atoms with Crippen LogP contribution >= 0.6 is 12.4 Å². The monoisotopic (exact) mass is 395 g/mol. The third kappa shape index (κ3) is 5.08. The summed E-state index contributed by atoms with van der Waals surface area (Å²) in [6.45, 7) is 1.20. The number of piperazine rings is 1. The van der Waals surface area contributed by atoms with Gasteiger partial charge in [-0.1, -0.05) is 12.1 Å². The summed E-state index contributed by atoms with van der Waals surface area (Å²) in [4.78, 5) is 13.5. The van der Waals surface area contributed by atoms with E-state index in [1.165, 1.54) is 17.0 Å². The molecule has 3 atom stereocenters. The van der Waals surface area contributed by atoms with Crippen LogP contribution in [-0.2, 0) is 4.79 Å². The summed E-state index contributed by atoms with van der Waals surface area (Å²) < 4.78 is 52.8. The van der Waals surface area contributed by atoms with Gasteiger partial charge in [-0.15, -0.1) is 12.4 Å². The van der Waals surface area contributed by atoms with Crippen LogP contribution in [0.25, 0.3) is 0 Å². The zero-order valence-corrected chi connectivity index (χ0v) is 14.9. The van der Waals surface area contributed by atoms with E-state index in [1.807, 2.05) is 0 Å². The Balaban J connectivity index is 0.00000243. The number of benzene rings is 1. The first kappa shape index (κ1) is 20.9. The normalized spacial score (nSPS) is 24.5. The minimum atomic E-state index is -4.38. The van der Waals surface area contributed by atoms with Crippen LogP contribution in [0.1, 0.15) is 17.9 Å². The average Bonchev–Trinajstić information content (AvgIpc) is 3.36. The maximum absolute atomic E-state index is 13.3. The van der Waals surface area contributed by atoms with Crippen LogP contribution in [0, 0.1) is 11.7 Å². The van der Waals surface area contributed by atoms with Gasteiger partial charge >= 0.3 is 6.18 Å². The predicted octanol–water partition coefficient (Wildman–Crippen LogP) is 2.30. The van der Waals surface area contributed by atoms with Gasteiger partial charge in [0.05, 0.1) is 0 Å². The van der Waals surface area contributed by atoms with Crippen molar-refractivity contribution in [1.82, 2.24) is 15.5 Å². The van der Waals surface area contributed by atoms with E-state index in [0.29, 0.717) is 32.6 Å². The predicted molar refractivity (Wildman–Crippen MR) is 91.8 cm³/mol. The quantitative estimate of drug-likeness (QED) is 0.752. The third-order valence-electron chi connectivity index (χ3n) is 4.87. The van der Waals surface area contributed by atoms with E-state index >= 15 is 0 Å². The summed E-state index contributed by atoms with van der Waals surface area (Å²) in [5.41, 5.74) is 0.844. The highest BCUT2D eigenvalue weighted by molar-refractivity contribution is 5.85. The molecular weight excluding hydrogens is 374 g/mol. The number of hydrogen-bond donors (Lipinski definition) is 2. The van der Waals surface area contributed by atoms with Gasteiger partial charge in [0.2, 0.25) is 5.91 Å². The maximum Gasteiger partial charge on any atom is 0.405 e. The van der Waals surface area contributed by atoms with Crippen molar-refractivity contribution in [3.63, 3.8) is 0 Å². The molecule has 4 nitrogen and oxygen atoms in total. The van der Waals surface area contributed by atoms with Crippen molar-refractivity contribution in [3.8, 4) is 0 Å². The number of alkyl halides is 3. The largest absolute Gasteiger partial charge is 0.405 e. The molecule has 9 heteroatoms. The Kier molecular flexibility index (Phi) is 6.87. The molecule has 1 saturated heterocycles. The first-order valence-electron chi connectivity index (χ1n) is 8.41. The molecule has 3 unspecified atom stereocenters. The minimum Gasteiger partial charge on any atom is -0.354 e. The molecule has 1 heterocycles. The highest BCUT2D eigenvalue weighted by Gasteiger charge is 2.47. The van der Waals surface area contributed by atoms with Crippen molar-refractivity contribution < 1.29 is 22.4 Å². The van der Waals surface area contributed by atoms with E-state index < -0.39 is 18.8 Å². The number of carbonyl (C=O) groups is 1. The van der Waals surface area contributed by atoms with E-state index in [4.69, 9.17) is 0 Å². The highest BCUT2D eigenvalue weighted by atomic mass is 35.5. The molecule has 1 saturated carbocycles. The van der Waals surface area contributed by atoms with Gasteiger partial charge in [-0.05, 0) is 30.0 Å². The van der Waals surface area contributed by atoms with E-state index in [1.54, 1.807) is 12.1 Å². The number of hydrogen-bond acceptors (Lipinski definition) is 3. The van der Waals surface area contributed by atoms with E-state index in [-0.39, 0.29) is 36.0 Å². The fraction of sp³-hybridized carbons (Fsp3) is 0.588. The van der Waals surface area contributed by atoms with Crippen LogP contribution in [0.15, 0.2) is 24.3 Å². The highest BCUT2D eigenvalue weighted by Crippen LogP contribution is 2.47. The molecule has 26 heavy (non-hydrogen) atoms. The number of halogens is 5. The van der Waals surface area contributed by atoms with Gasteiger partial charge in [0.25, 0.3) is 0 Å². The number of nitrogens with one attached hydrogen (secondary N) is 2. The lowest BCUT2D eigenvalue weighted by Crippen LogP contribution is -2.57. The molecule has 1 aromatic carbocycles. The SMILES string of the molecule is Cl.O=C(NCC(N1CCNCC1)C(F)(F)F)C1CC1c1ccc(F)cc1. The molecule has 0 radical (unpaired) electrons. The van der Waals surface area contributed by atoms with Crippen molar-refractivity contribution in [3.05, 3.63) is 35.6 Å². The molecule has 0 spiro atoms. The summed E-state index contributed by atoms with van der Waals surface area (Å²) in [7, 11) is 0. The minimum absolute atomic E-state index is 0. The third-order valence-corrected chi connectivity index (χ3v) is 4.87. The molecule has 0 aromatic heterocycles. The smallest absolute Gasteiger partial charge is 0.354 e. The molecular formula is C17H22ClF4N3O. The van der Waals surface area contributed by atoms with Crippen LogP contribution in [0.2, 0.25) is 0 Å².